The Kier molecular flexibility index (Phi) is 3.52. The minimum atomic E-state index is -0.294. The molecule has 2 aromatic carbocycles. The normalized spacial score (nSPS) is 10.7. The van der Waals surface area contributed by atoms with E-state index in [4.69, 9.17) is 16.1 Å². The third kappa shape index (κ3) is 2.58. The van der Waals surface area contributed by atoms with Gasteiger partial charge in [0.1, 0.15) is 16.5 Å². The van der Waals surface area contributed by atoms with E-state index in [0.717, 1.165) is 11.1 Å². The molecule has 0 aliphatic heterocycles. The fourth-order valence-corrected chi connectivity index (χ4v) is 2.24. The Hall–Kier alpha value is -2.13. The average molecular weight is 288 g/mol. The predicted octanol–water partition coefficient (Wildman–Crippen LogP) is 4.72. The molecule has 0 aliphatic rings. The first-order valence-electron chi connectivity index (χ1n) is 6.18. The lowest BCUT2D eigenvalue weighted by molar-refractivity contribution is 0.392. The first-order chi connectivity index (χ1) is 9.74. The number of hydrogen-bond donors (Lipinski definition) is 0. The molecule has 0 fully saturated rings. The highest BCUT2D eigenvalue weighted by atomic mass is 35.5. The van der Waals surface area contributed by atoms with E-state index in [0.29, 0.717) is 22.9 Å². The molecule has 0 aliphatic carbocycles. The Bertz CT molecular complexity index is 707. The van der Waals surface area contributed by atoms with Crippen molar-refractivity contribution in [1.82, 2.24) is 5.16 Å². The maximum absolute atomic E-state index is 12.9. The molecular weight excluding hydrogens is 277 g/mol. The van der Waals surface area contributed by atoms with Gasteiger partial charge in [0, 0.05) is 12.0 Å². The molecule has 1 heterocycles. The molecule has 3 aromatic rings. The second-order valence-corrected chi connectivity index (χ2v) is 4.82. The van der Waals surface area contributed by atoms with Gasteiger partial charge in [0.2, 0.25) is 0 Å². The van der Waals surface area contributed by atoms with Gasteiger partial charge in [-0.2, -0.15) is 0 Å². The fraction of sp³-hybridized carbons (Fsp3) is 0.0625. The Morgan fingerprint density at radius 3 is 2.40 bits per heavy atom. The number of rotatable bonds is 3. The minimum Gasteiger partial charge on any atom is -0.359 e. The van der Waals surface area contributed by atoms with E-state index < -0.39 is 0 Å². The van der Waals surface area contributed by atoms with E-state index in [1.165, 1.54) is 12.1 Å². The van der Waals surface area contributed by atoms with Gasteiger partial charge in [-0.1, -0.05) is 47.1 Å². The van der Waals surface area contributed by atoms with Crippen molar-refractivity contribution in [3.8, 4) is 11.3 Å². The zero-order valence-electron chi connectivity index (χ0n) is 10.5. The molecule has 3 rings (SSSR count). The van der Waals surface area contributed by atoms with Gasteiger partial charge in [0.25, 0.3) is 0 Å². The van der Waals surface area contributed by atoms with Crippen molar-refractivity contribution in [2.24, 2.45) is 0 Å². The number of aromatic nitrogens is 1. The van der Waals surface area contributed by atoms with Gasteiger partial charge in [0.15, 0.2) is 5.76 Å². The second-order valence-electron chi connectivity index (χ2n) is 4.44. The molecule has 0 spiro atoms. The minimum absolute atomic E-state index is 0.294. The lowest BCUT2D eigenvalue weighted by Gasteiger charge is -1.98. The van der Waals surface area contributed by atoms with Crippen LogP contribution in [0.1, 0.15) is 11.3 Å². The molecule has 0 atom stereocenters. The third-order valence-electron chi connectivity index (χ3n) is 3.03. The Morgan fingerprint density at radius 1 is 1.00 bits per heavy atom. The van der Waals surface area contributed by atoms with Crippen molar-refractivity contribution in [2.45, 2.75) is 6.42 Å². The van der Waals surface area contributed by atoms with Gasteiger partial charge in [-0.3, -0.25) is 0 Å². The van der Waals surface area contributed by atoms with E-state index in [-0.39, 0.29) is 5.82 Å². The molecule has 20 heavy (non-hydrogen) atoms. The van der Waals surface area contributed by atoms with E-state index in [2.05, 4.69) is 5.16 Å². The molecule has 0 N–H and O–H groups in total. The Labute approximate surface area is 120 Å². The average Bonchev–Trinajstić information content (AvgIpc) is 2.83. The predicted molar refractivity (Wildman–Crippen MR) is 76.2 cm³/mol. The Balaban J connectivity index is 1.91. The summed E-state index contributed by atoms with van der Waals surface area (Å²) in [5.41, 5.74) is 2.37. The largest absolute Gasteiger partial charge is 0.359 e. The van der Waals surface area contributed by atoms with Crippen LogP contribution in [-0.2, 0) is 6.42 Å². The van der Waals surface area contributed by atoms with Crippen molar-refractivity contribution in [1.29, 1.82) is 0 Å². The van der Waals surface area contributed by atoms with Crippen molar-refractivity contribution in [2.75, 3.05) is 0 Å². The van der Waals surface area contributed by atoms with Gasteiger partial charge < -0.3 is 4.52 Å². The maximum atomic E-state index is 12.9. The van der Waals surface area contributed by atoms with Crippen LogP contribution in [0, 0.1) is 5.82 Å². The summed E-state index contributed by atoms with van der Waals surface area (Å²) in [5, 5.41) is 4.46. The maximum Gasteiger partial charge on any atom is 0.160 e. The number of halogens is 2. The molecule has 0 radical (unpaired) electrons. The molecule has 100 valence electrons. The van der Waals surface area contributed by atoms with Crippen LogP contribution < -0.4 is 0 Å². The van der Waals surface area contributed by atoms with E-state index in [9.17, 15) is 4.39 Å². The summed E-state index contributed by atoms with van der Waals surface area (Å²) < 4.78 is 18.2. The van der Waals surface area contributed by atoms with E-state index in [1.807, 2.05) is 30.3 Å². The molecular formula is C16H11ClFNO. The quantitative estimate of drug-likeness (QED) is 0.696. The van der Waals surface area contributed by atoms with Gasteiger partial charge in [0.05, 0.1) is 0 Å². The molecule has 2 nitrogen and oxygen atoms in total. The monoisotopic (exact) mass is 287 g/mol. The summed E-state index contributed by atoms with van der Waals surface area (Å²) in [7, 11) is 0. The van der Waals surface area contributed by atoms with Crippen molar-refractivity contribution in [3.63, 3.8) is 0 Å². The highest BCUT2D eigenvalue weighted by Crippen LogP contribution is 2.31. The molecule has 0 bridgehead atoms. The van der Waals surface area contributed by atoms with Gasteiger partial charge >= 0.3 is 0 Å². The van der Waals surface area contributed by atoms with Crippen LogP contribution in [-0.4, -0.2) is 5.16 Å². The van der Waals surface area contributed by atoms with Crippen LogP contribution in [0.3, 0.4) is 0 Å². The van der Waals surface area contributed by atoms with Crippen molar-refractivity contribution in [3.05, 3.63) is 76.8 Å². The molecule has 0 saturated carbocycles. The summed E-state index contributed by atoms with van der Waals surface area (Å²) in [6, 6.07) is 15.9. The molecule has 4 heteroatoms. The number of benzene rings is 2. The third-order valence-corrected chi connectivity index (χ3v) is 3.41. The van der Waals surface area contributed by atoms with Gasteiger partial charge in [-0.15, -0.1) is 0 Å². The topological polar surface area (TPSA) is 26.0 Å². The van der Waals surface area contributed by atoms with Crippen LogP contribution in [0.5, 0.6) is 0 Å². The number of hydrogen-bond acceptors (Lipinski definition) is 2. The van der Waals surface area contributed by atoms with Crippen LogP contribution in [0.15, 0.2) is 59.1 Å². The van der Waals surface area contributed by atoms with Crippen LogP contribution in [0.25, 0.3) is 11.3 Å². The molecule has 0 unspecified atom stereocenters. The smallest absolute Gasteiger partial charge is 0.160 e. The van der Waals surface area contributed by atoms with Gasteiger partial charge in [-0.25, -0.2) is 4.39 Å². The van der Waals surface area contributed by atoms with Crippen molar-refractivity contribution < 1.29 is 8.91 Å². The van der Waals surface area contributed by atoms with Crippen LogP contribution in [0.2, 0.25) is 5.02 Å². The van der Waals surface area contributed by atoms with Crippen LogP contribution >= 0.6 is 11.6 Å². The Morgan fingerprint density at radius 2 is 1.70 bits per heavy atom. The lowest BCUT2D eigenvalue weighted by Crippen LogP contribution is -1.86. The molecule has 0 amide bonds. The zero-order valence-corrected chi connectivity index (χ0v) is 11.3. The second kappa shape index (κ2) is 5.47. The van der Waals surface area contributed by atoms with Crippen LogP contribution in [0.4, 0.5) is 4.39 Å². The van der Waals surface area contributed by atoms with Crippen molar-refractivity contribution >= 4 is 11.6 Å². The van der Waals surface area contributed by atoms with E-state index >= 15 is 0 Å². The summed E-state index contributed by atoms with van der Waals surface area (Å²) >= 11 is 6.30. The molecule has 1 aromatic heterocycles. The first-order valence-corrected chi connectivity index (χ1v) is 6.56. The number of nitrogens with zero attached hydrogens (tertiary/aromatic N) is 1. The summed E-state index contributed by atoms with van der Waals surface area (Å²) in [4.78, 5) is 0. The summed E-state index contributed by atoms with van der Waals surface area (Å²) in [6.45, 7) is 0. The van der Waals surface area contributed by atoms with Gasteiger partial charge in [-0.05, 0) is 29.8 Å². The summed E-state index contributed by atoms with van der Waals surface area (Å²) in [6.07, 6.45) is 0.577. The lowest BCUT2D eigenvalue weighted by atomic mass is 10.1. The SMILES string of the molecule is Fc1ccc(-c2noc(Cc3ccccc3)c2Cl)cc1. The molecule has 0 saturated heterocycles. The highest BCUT2D eigenvalue weighted by molar-refractivity contribution is 6.33. The van der Waals surface area contributed by atoms with E-state index in [1.54, 1.807) is 12.1 Å². The highest BCUT2D eigenvalue weighted by Gasteiger charge is 2.15. The standard InChI is InChI=1S/C16H11ClFNO/c17-15-14(10-11-4-2-1-3-5-11)20-19-16(15)12-6-8-13(18)9-7-12/h1-9H,10H2. The summed E-state index contributed by atoms with van der Waals surface area (Å²) in [5.74, 6) is 0.315. The first kappa shape index (κ1) is 12.9. The fourth-order valence-electron chi connectivity index (χ4n) is 1.99. The zero-order chi connectivity index (χ0) is 13.9.